The van der Waals surface area contributed by atoms with E-state index in [0.717, 1.165) is 73.5 Å². The fourth-order valence-corrected chi connectivity index (χ4v) is 6.33. The van der Waals surface area contributed by atoms with Gasteiger partial charge < -0.3 is 24.4 Å². The Labute approximate surface area is 213 Å². The second-order valence-electron chi connectivity index (χ2n) is 10.3. The molecule has 36 heavy (non-hydrogen) atoms. The third kappa shape index (κ3) is 4.28. The Kier molecular flexibility index (Phi) is 6.79. The second kappa shape index (κ2) is 9.87. The van der Waals surface area contributed by atoms with Crippen molar-refractivity contribution < 1.29 is 24.2 Å². The molecule has 2 aromatic rings. The Morgan fingerprint density at radius 1 is 1.06 bits per heavy atom. The maximum absolute atomic E-state index is 12.6. The molecule has 7 nitrogen and oxygen atoms in total. The fraction of sp³-hybridized carbons (Fsp3) is 0.517. The van der Waals surface area contributed by atoms with Crippen LogP contribution in [0.3, 0.4) is 0 Å². The number of carbonyl (C=O) groups is 2. The van der Waals surface area contributed by atoms with Gasteiger partial charge in [-0.1, -0.05) is 12.1 Å². The molecular formula is C29H36N2O5. The lowest BCUT2D eigenvalue weighted by molar-refractivity contribution is -0.116. The van der Waals surface area contributed by atoms with E-state index in [1.54, 1.807) is 13.0 Å². The molecule has 3 aliphatic heterocycles. The molecule has 1 spiro atoms. The summed E-state index contributed by atoms with van der Waals surface area (Å²) in [6, 6.07) is 10.5. The average Bonchev–Trinajstić information content (AvgIpc) is 3.19. The lowest BCUT2D eigenvalue weighted by Crippen LogP contribution is -2.40. The van der Waals surface area contributed by atoms with Gasteiger partial charge in [0.25, 0.3) is 0 Å². The second-order valence-corrected chi connectivity index (χ2v) is 10.3. The number of hydrogen-bond acceptors (Lipinski definition) is 5. The first-order valence-electron chi connectivity index (χ1n) is 13.1. The number of aromatic carboxylic acids is 1. The zero-order valence-corrected chi connectivity index (χ0v) is 21.5. The van der Waals surface area contributed by atoms with Gasteiger partial charge in [0.1, 0.15) is 0 Å². The average molecular weight is 493 g/mol. The summed E-state index contributed by atoms with van der Waals surface area (Å²) in [5.74, 6) is -0.893. The molecule has 192 valence electrons. The van der Waals surface area contributed by atoms with Gasteiger partial charge in [-0.15, -0.1) is 0 Å². The van der Waals surface area contributed by atoms with Gasteiger partial charge in [0.15, 0.2) is 0 Å². The van der Waals surface area contributed by atoms with Gasteiger partial charge in [0.2, 0.25) is 5.91 Å². The van der Waals surface area contributed by atoms with Crippen molar-refractivity contribution in [1.82, 2.24) is 0 Å². The smallest absolute Gasteiger partial charge is 0.336 e. The molecule has 1 N–H and O–H groups in total. The van der Waals surface area contributed by atoms with Crippen molar-refractivity contribution in [2.45, 2.75) is 57.9 Å². The summed E-state index contributed by atoms with van der Waals surface area (Å²) in [6.07, 6.45) is 3.66. The highest BCUT2D eigenvalue weighted by Gasteiger charge is 2.45. The van der Waals surface area contributed by atoms with Gasteiger partial charge >= 0.3 is 5.97 Å². The minimum Gasteiger partial charge on any atom is -0.478 e. The van der Waals surface area contributed by atoms with Gasteiger partial charge in [-0.3, -0.25) is 4.79 Å². The SMILES string of the molecule is CCN(c1cc(-c2ccc3c(c2)N(C(C)=O)CC32CCOCC2)cc(C(=O)O)c1C)C1CCOCC1. The van der Waals surface area contributed by atoms with Crippen LogP contribution in [-0.2, 0) is 19.7 Å². The predicted octanol–water partition coefficient (Wildman–Crippen LogP) is 4.78. The van der Waals surface area contributed by atoms with Crippen molar-refractivity contribution in [1.29, 1.82) is 0 Å². The summed E-state index contributed by atoms with van der Waals surface area (Å²) in [5.41, 5.74) is 5.93. The van der Waals surface area contributed by atoms with Crippen molar-refractivity contribution in [3.63, 3.8) is 0 Å². The van der Waals surface area contributed by atoms with Gasteiger partial charge in [-0.2, -0.15) is 0 Å². The molecule has 0 radical (unpaired) electrons. The molecule has 5 rings (SSSR count). The summed E-state index contributed by atoms with van der Waals surface area (Å²) in [6.45, 7) is 9.97. The molecule has 2 saturated heterocycles. The molecule has 1 amide bonds. The predicted molar refractivity (Wildman–Crippen MR) is 140 cm³/mol. The van der Waals surface area contributed by atoms with E-state index in [4.69, 9.17) is 9.47 Å². The number of rotatable bonds is 5. The molecule has 0 bridgehead atoms. The van der Waals surface area contributed by atoms with Gasteiger partial charge in [-0.25, -0.2) is 4.79 Å². The van der Waals surface area contributed by atoms with Gasteiger partial charge in [0.05, 0.1) is 5.56 Å². The molecule has 2 fully saturated rings. The Hall–Kier alpha value is -2.90. The van der Waals surface area contributed by atoms with E-state index in [9.17, 15) is 14.7 Å². The lowest BCUT2D eigenvalue weighted by atomic mass is 9.75. The zero-order chi connectivity index (χ0) is 25.4. The summed E-state index contributed by atoms with van der Waals surface area (Å²) < 4.78 is 11.2. The highest BCUT2D eigenvalue weighted by Crippen LogP contribution is 2.48. The molecule has 0 atom stereocenters. The molecule has 3 heterocycles. The largest absolute Gasteiger partial charge is 0.478 e. The number of ether oxygens (including phenoxy) is 2. The molecular weight excluding hydrogens is 456 g/mol. The van der Waals surface area contributed by atoms with Crippen LogP contribution in [0.2, 0.25) is 0 Å². The number of nitrogens with zero attached hydrogens (tertiary/aromatic N) is 2. The molecule has 0 aromatic heterocycles. The van der Waals surface area contributed by atoms with Crippen molar-refractivity contribution in [3.05, 3.63) is 47.0 Å². The monoisotopic (exact) mass is 492 g/mol. The van der Waals surface area contributed by atoms with E-state index in [-0.39, 0.29) is 11.3 Å². The molecule has 2 aromatic carbocycles. The summed E-state index contributed by atoms with van der Waals surface area (Å²) in [4.78, 5) is 29.1. The van der Waals surface area contributed by atoms with E-state index in [1.165, 1.54) is 5.56 Å². The van der Waals surface area contributed by atoms with E-state index in [2.05, 4.69) is 36.1 Å². The van der Waals surface area contributed by atoms with Crippen molar-refractivity contribution in [3.8, 4) is 11.1 Å². The molecule has 7 heteroatoms. The molecule has 0 saturated carbocycles. The van der Waals surface area contributed by atoms with Crippen molar-refractivity contribution in [2.24, 2.45) is 0 Å². The van der Waals surface area contributed by atoms with Crippen LogP contribution in [0, 0.1) is 6.92 Å². The quantitative estimate of drug-likeness (QED) is 0.647. The molecule has 3 aliphatic rings. The van der Waals surface area contributed by atoms with Crippen LogP contribution in [-0.4, -0.2) is 62.5 Å². The van der Waals surface area contributed by atoms with Crippen LogP contribution >= 0.6 is 0 Å². The minimum atomic E-state index is -0.925. The number of amides is 1. The van der Waals surface area contributed by atoms with Gasteiger partial charge in [0, 0.05) is 69.3 Å². The minimum absolute atomic E-state index is 0.0317. The van der Waals surface area contributed by atoms with E-state index >= 15 is 0 Å². The van der Waals surface area contributed by atoms with Crippen LogP contribution < -0.4 is 9.80 Å². The van der Waals surface area contributed by atoms with Crippen LogP contribution in [0.4, 0.5) is 11.4 Å². The maximum atomic E-state index is 12.6. The first-order valence-corrected chi connectivity index (χ1v) is 13.1. The third-order valence-electron chi connectivity index (χ3n) is 8.38. The Bertz CT molecular complexity index is 1160. The Balaban J connectivity index is 1.61. The Morgan fingerprint density at radius 2 is 1.75 bits per heavy atom. The number of carbonyl (C=O) groups excluding carboxylic acids is 1. The van der Waals surface area contributed by atoms with Gasteiger partial charge in [-0.05, 0) is 80.0 Å². The summed E-state index contributed by atoms with van der Waals surface area (Å²) in [5, 5.41) is 10.1. The Morgan fingerprint density at radius 3 is 2.39 bits per heavy atom. The summed E-state index contributed by atoms with van der Waals surface area (Å²) >= 11 is 0. The lowest BCUT2D eigenvalue weighted by Gasteiger charge is -2.36. The van der Waals surface area contributed by atoms with Crippen molar-refractivity contribution in [2.75, 3.05) is 49.3 Å². The van der Waals surface area contributed by atoms with Crippen LogP contribution in [0.15, 0.2) is 30.3 Å². The summed E-state index contributed by atoms with van der Waals surface area (Å²) in [7, 11) is 0. The van der Waals surface area contributed by atoms with E-state index < -0.39 is 5.97 Å². The number of fused-ring (bicyclic) bond motifs is 2. The standard InChI is InChI=1S/C29H36N2O5/c1-4-30(23-7-11-35-12-8-23)26-17-22(15-24(19(26)2)28(33)34)21-5-6-25-27(16-21)31(20(3)32)18-29(25)9-13-36-14-10-29/h5-6,15-17,23H,4,7-14,18H2,1-3H3,(H,33,34). The van der Waals surface area contributed by atoms with Crippen molar-refractivity contribution >= 4 is 23.3 Å². The fourth-order valence-electron chi connectivity index (χ4n) is 6.33. The highest BCUT2D eigenvalue weighted by atomic mass is 16.5. The van der Waals surface area contributed by atoms with Crippen LogP contribution in [0.1, 0.15) is 61.0 Å². The van der Waals surface area contributed by atoms with Crippen LogP contribution in [0.25, 0.3) is 11.1 Å². The van der Waals surface area contributed by atoms with E-state index in [1.807, 2.05) is 11.8 Å². The highest BCUT2D eigenvalue weighted by molar-refractivity contribution is 5.97. The van der Waals surface area contributed by atoms with E-state index in [0.29, 0.717) is 31.4 Å². The number of carboxylic acids is 1. The zero-order valence-electron chi connectivity index (χ0n) is 21.5. The number of carboxylic acid groups (broad SMARTS) is 1. The number of benzene rings is 2. The van der Waals surface area contributed by atoms with Crippen LogP contribution in [0.5, 0.6) is 0 Å². The number of anilines is 2. The third-order valence-corrected chi connectivity index (χ3v) is 8.38. The first-order chi connectivity index (χ1) is 17.3. The normalized spacial score (nSPS) is 19.4. The first kappa shape index (κ1) is 24.8. The topological polar surface area (TPSA) is 79.3 Å². The number of hydrogen-bond donors (Lipinski definition) is 1. The molecule has 0 unspecified atom stereocenters. The maximum Gasteiger partial charge on any atom is 0.336 e. The molecule has 0 aliphatic carbocycles.